The molecule has 0 radical (unpaired) electrons. The van der Waals surface area contributed by atoms with Gasteiger partial charge in [0, 0.05) is 14.7 Å². The van der Waals surface area contributed by atoms with Crippen molar-refractivity contribution in [3.63, 3.8) is 0 Å². The highest BCUT2D eigenvalue weighted by Crippen LogP contribution is 2.38. The summed E-state index contributed by atoms with van der Waals surface area (Å²) in [6, 6.07) is 0. The van der Waals surface area contributed by atoms with Crippen LogP contribution in [-0.4, -0.2) is 16.3 Å². The van der Waals surface area contributed by atoms with Crippen molar-refractivity contribution in [3.05, 3.63) is 8.99 Å². The van der Waals surface area contributed by atoms with Crippen molar-refractivity contribution >= 4 is 37.0 Å². The van der Waals surface area contributed by atoms with Crippen LogP contribution in [0.2, 0.25) is 0 Å². The van der Waals surface area contributed by atoms with E-state index in [1.54, 1.807) is 0 Å². The highest BCUT2D eigenvalue weighted by atomic mass is 127. The van der Waals surface area contributed by atoms with Gasteiger partial charge in [-0.3, -0.25) is 0 Å². The van der Waals surface area contributed by atoms with Crippen LogP contribution in [0, 0.1) is 0 Å². The molecule has 0 aliphatic carbocycles. The lowest BCUT2D eigenvalue weighted by Gasteiger charge is -2.01. The Balaban J connectivity index is 2.39. The molecule has 0 saturated carbocycles. The first-order valence-electron chi connectivity index (χ1n) is 2.82. The van der Waals surface area contributed by atoms with E-state index in [0.717, 1.165) is 6.54 Å². The zero-order chi connectivity index (χ0) is 6.69. The standard InChI is InChI=1S/C6H10INS/c1-7-6-3-2-5(4-8)9-6/h3,5H,1-2,4,8H2. The van der Waals surface area contributed by atoms with E-state index in [9.17, 15) is 0 Å². The number of allylic oxidation sites excluding steroid dienone is 1. The number of thioether (sulfide) groups is 1. The maximum atomic E-state index is 5.49. The minimum Gasteiger partial charge on any atom is -0.329 e. The van der Waals surface area contributed by atoms with Crippen LogP contribution in [0.4, 0.5) is 0 Å². The molecule has 9 heavy (non-hydrogen) atoms. The van der Waals surface area contributed by atoms with Crippen molar-refractivity contribution in [2.75, 3.05) is 6.54 Å². The SMILES string of the molecule is C=IC1=CCC(CN)S1. The van der Waals surface area contributed by atoms with Crippen molar-refractivity contribution in [1.82, 2.24) is 0 Å². The Bertz CT molecular complexity index is 144. The third-order valence-corrected chi connectivity index (χ3v) is 5.01. The molecule has 0 saturated heterocycles. The van der Waals surface area contributed by atoms with E-state index in [-0.39, 0.29) is 20.7 Å². The monoisotopic (exact) mass is 255 g/mol. The fourth-order valence-corrected chi connectivity index (χ4v) is 3.76. The lowest BCUT2D eigenvalue weighted by molar-refractivity contribution is 0.889. The maximum absolute atomic E-state index is 5.49. The Morgan fingerprint density at radius 3 is 3.11 bits per heavy atom. The molecular weight excluding hydrogens is 245 g/mol. The molecule has 1 heterocycles. The van der Waals surface area contributed by atoms with Crippen LogP contribution < -0.4 is 5.73 Å². The minimum absolute atomic E-state index is 0.0891. The van der Waals surface area contributed by atoms with Crippen LogP contribution in [0.3, 0.4) is 0 Å². The van der Waals surface area contributed by atoms with Crippen LogP contribution in [0.25, 0.3) is 0 Å². The summed E-state index contributed by atoms with van der Waals surface area (Å²) >= 11 is 2.02. The molecule has 0 aromatic carbocycles. The molecule has 0 bridgehead atoms. The maximum Gasteiger partial charge on any atom is 0.0362 e. The van der Waals surface area contributed by atoms with E-state index in [1.807, 2.05) is 11.8 Å². The van der Waals surface area contributed by atoms with E-state index in [4.69, 9.17) is 5.73 Å². The van der Waals surface area contributed by atoms with Crippen LogP contribution in [0.15, 0.2) is 8.99 Å². The number of halogens is 1. The second kappa shape index (κ2) is 3.73. The average molecular weight is 255 g/mol. The molecule has 0 amide bonds. The van der Waals surface area contributed by atoms with Crippen LogP contribution in [-0.2, 0) is 0 Å². The number of hydrogen-bond donors (Lipinski definition) is 1. The summed E-state index contributed by atoms with van der Waals surface area (Å²) < 4.78 is 5.43. The smallest absolute Gasteiger partial charge is 0.0362 e. The summed E-state index contributed by atoms with van der Waals surface area (Å²) in [7, 11) is 0. The molecule has 0 aromatic heterocycles. The van der Waals surface area contributed by atoms with Gasteiger partial charge < -0.3 is 5.73 Å². The highest BCUT2D eigenvalue weighted by molar-refractivity contribution is 14.2. The zero-order valence-corrected chi connectivity index (χ0v) is 8.11. The van der Waals surface area contributed by atoms with Gasteiger partial charge in [0.25, 0.3) is 0 Å². The Morgan fingerprint density at radius 2 is 2.78 bits per heavy atom. The average Bonchev–Trinajstić information content (AvgIpc) is 2.34. The van der Waals surface area contributed by atoms with Gasteiger partial charge in [-0.15, -0.1) is 11.8 Å². The van der Waals surface area contributed by atoms with Crippen LogP contribution in [0.5, 0.6) is 0 Å². The van der Waals surface area contributed by atoms with Gasteiger partial charge >= 0.3 is 0 Å². The molecular formula is C6H10INS. The van der Waals surface area contributed by atoms with Crippen LogP contribution >= 0.6 is 32.5 Å². The molecule has 1 unspecified atom stereocenters. The van der Waals surface area contributed by atoms with Gasteiger partial charge in [0.15, 0.2) is 0 Å². The number of nitrogens with two attached hydrogens (primary N) is 1. The van der Waals surface area contributed by atoms with Gasteiger partial charge in [-0.1, -0.05) is 31.3 Å². The molecule has 1 aliphatic rings. The van der Waals surface area contributed by atoms with Crippen molar-refractivity contribution in [2.45, 2.75) is 11.7 Å². The highest BCUT2D eigenvalue weighted by Gasteiger charge is 2.13. The second-order valence-corrected chi connectivity index (χ2v) is 5.85. The number of hydrogen-bond acceptors (Lipinski definition) is 2. The molecule has 1 aliphatic heterocycles. The molecule has 1 rings (SSSR count). The lowest BCUT2D eigenvalue weighted by atomic mass is 10.3. The summed E-state index contributed by atoms with van der Waals surface area (Å²) in [6.45, 7) is 0.814. The fourth-order valence-electron chi connectivity index (χ4n) is 0.710. The molecule has 3 heteroatoms. The van der Waals surface area contributed by atoms with Gasteiger partial charge in [0.2, 0.25) is 0 Å². The van der Waals surface area contributed by atoms with Crippen LogP contribution in [0.1, 0.15) is 6.42 Å². The lowest BCUT2D eigenvalue weighted by Crippen LogP contribution is -2.12. The predicted molar refractivity (Wildman–Crippen MR) is 54.3 cm³/mol. The molecule has 0 aromatic rings. The zero-order valence-electron chi connectivity index (χ0n) is 5.14. The summed E-state index contributed by atoms with van der Waals surface area (Å²) in [4.78, 5) is 0. The van der Waals surface area contributed by atoms with Gasteiger partial charge in [-0.25, -0.2) is 0 Å². The summed E-state index contributed by atoms with van der Waals surface area (Å²) in [5.74, 6) is 0. The molecule has 0 fully saturated rings. The Labute approximate surface area is 69.8 Å². The first-order chi connectivity index (χ1) is 4.36. The van der Waals surface area contributed by atoms with Gasteiger partial charge in [-0.05, 0) is 6.42 Å². The third kappa shape index (κ3) is 2.05. The van der Waals surface area contributed by atoms with E-state index in [1.165, 1.54) is 9.33 Å². The third-order valence-electron chi connectivity index (χ3n) is 1.22. The second-order valence-electron chi connectivity index (χ2n) is 1.85. The van der Waals surface area contributed by atoms with Crippen molar-refractivity contribution in [3.8, 4) is 0 Å². The summed E-state index contributed by atoms with van der Waals surface area (Å²) in [6.07, 6.45) is 3.47. The normalized spacial score (nSPS) is 26.3. The van der Waals surface area contributed by atoms with Gasteiger partial charge in [-0.2, -0.15) is 0 Å². The van der Waals surface area contributed by atoms with E-state index >= 15 is 0 Å². The Hall–Kier alpha value is 0.650. The topological polar surface area (TPSA) is 26.0 Å². The number of rotatable bonds is 2. The van der Waals surface area contributed by atoms with E-state index in [0.29, 0.717) is 5.25 Å². The summed E-state index contributed by atoms with van der Waals surface area (Å²) in [5.41, 5.74) is 5.49. The van der Waals surface area contributed by atoms with E-state index < -0.39 is 0 Å². The fraction of sp³-hybridized carbons (Fsp3) is 0.500. The Kier molecular flexibility index (Phi) is 3.21. The Morgan fingerprint density at radius 1 is 2.00 bits per heavy atom. The first kappa shape index (κ1) is 7.75. The van der Waals surface area contributed by atoms with Crippen molar-refractivity contribution in [1.29, 1.82) is 0 Å². The quantitative estimate of drug-likeness (QED) is 0.760. The molecule has 2 N–H and O–H groups in total. The van der Waals surface area contributed by atoms with Gasteiger partial charge in [0.05, 0.1) is 0 Å². The first-order valence-corrected chi connectivity index (χ1v) is 6.30. The van der Waals surface area contributed by atoms with Crippen molar-refractivity contribution < 1.29 is 0 Å². The molecule has 1 atom stereocenters. The molecule has 52 valence electrons. The van der Waals surface area contributed by atoms with Gasteiger partial charge in [0.1, 0.15) is 0 Å². The molecule has 1 nitrogen and oxygen atoms in total. The minimum atomic E-state index is 0.0891. The predicted octanol–water partition coefficient (Wildman–Crippen LogP) is 1.69. The largest absolute Gasteiger partial charge is 0.329 e. The molecule has 0 spiro atoms. The van der Waals surface area contributed by atoms with Crippen molar-refractivity contribution in [2.24, 2.45) is 5.73 Å². The summed E-state index contributed by atoms with van der Waals surface area (Å²) in [5, 5.41) is 0.668. The van der Waals surface area contributed by atoms with E-state index in [2.05, 4.69) is 10.6 Å².